The second-order valence-electron chi connectivity index (χ2n) is 5.62. The van der Waals surface area contributed by atoms with Crippen molar-refractivity contribution >= 4 is 0 Å². The van der Waals surface area contributed by atoms with Crippen molar-refractivity contribution in [3.8, 4) is 0 Å². The van der Waals surface area contributed by atoms with Crippen molar-refractivity contribution in [2.45, 2.75) is 57.9 Å². The molecule has 0 aromatic rings. The summed E-state index contributed by atoms with van der Waals surface area (Å²) < 4.78 is 29.5. The Labute approximate surface area is 144 Å². The summed E-state index contributed by atoms with van der Waals surface area (Å²) >= 11 is -5.00. The van der Waals surface area contributed by atoms with Gasteiger partial charge in [0, 0.05) is 18.6 Å². The van der Waals surface area contributed by atoms with E-state index in [2.05, 4.69) is 18.7 Å². The molecule has 0 amide bonds. The Balaban J connectivity index is 0. The zero-order valence-corrected chi connectivity index (χ0v) is 15.9. The molecule has 23 heavy (non-hydrogen) atoms. The molecule has 7 N–H and O–H groups in total. The Kier molecular flexibility index (Phi) is 16.4. The van der Waals surface area contributed by atoms with Crippen LogP contribution in [0.2, 0.25) is 0 Å². The molecule has 0 aliphatic heterocycles. The van der Waals surface area contributed by atoms with Gasteiger partial charge in [-0.25, -0.2) is 0 Å². The predicted molar refractivity (Wildman–Crippen MR) is 83.5 cm³/mol. The number of rotatable bonds is 12. The van der Waals surface area contributed by atoms with Gasteiger partial charge in [0.15, 0.2) is 0 Å². The summed E-state index contributed by atoms with van der Waals surface area (Å²) in [7, 11) is 0. The van der Waals surface area contributed by atoms with Gasteiger partial charge in [0.05, 0.1) is 19.8 Å². The summed E-state index contributed by atoms with van der Waals surface area (Å²) in [6.45, 7) is 5.57. The van der Waals surface area contributed by atoms with Gasteiger partial charge in [0.25, 0.3) is 0 Å². The maximum absolute atomic E-state index is 9.85. The quantitative estimate of drug-likeness (QED) is 0.218. The van der Waals surface area contributed by atoms with Gasteiger partial charge in [-0.2, -0.15) is 0 Å². The monoisotopic (exact) mass is 377 g/mol. The summed E-state index contributed by atoms with van der Waals surface area (Å²) in [5.74, 6) is 0. The van der Waals surface area contributed by atoms with Gasteiger partial charge in [-0.05, 0) is 12.8 Å². The summed E-state index contributed by atoms with van der Waals surface area (Å²) in [5.41, 5.74) is -0.266. The number of hydrogen-bond acceptors (Lipinski definition) is 8. The van der Waals surface area contributed by atoms with Crippen LogP contribution < -0.4 is 0 Å². The Bertz CT molecular complexity index is 244. The van der Waals surface area contributed by atoms with E-state index in [0.717, 1.165) is 38.5 Å². The molecule has 0 unspecified atom stereocenters. The third kappa shape index (κ3) is 14.4. The second kappa shape index (κ2) is 14.7. The number of unbranched alkanes of at least 4 members (excludes halogenated alkanes) is 2. The second-order valence-corrected chi connectivity index (χ2v) is 7.50. The van der Waals surface area contributed by atoms with Crippen LogP contribution in [-0.2, 0) is 18.1 Å². The first-order valence-electron chi connectivity index (χ1n) is 8.17. The molecule has 142 valence electrons. The van der Waals surface area contributed by atoms with E-state index in [-0.39, 0.29) is 25.4 Å². The number of nitrogens with zero attached hydrogens (tertiary/aromatic N) is 1. The molecule has 0 aromatic carbocycles. The molecule has 0 aliphatic carbocycles. The molecular weight excluding hydrogens is 342 g/mol. The molecule has 0 radical (unpaired) electrons. The van der Waals surface area contributed by atoms with E-state index in [9.17, 15) is 5.11 Å². The van der Waals surface area contributed by atoms with Crippen molar-refractivity contribution in [2.24, 2.45) is 0 Å². The Morgan fingerprint density at radius 3 is 1.35 bits per heavy atom. The normalized spacial score (nSPS) is 12.3. The molecule has 0 saturated heterocycles. The maximum atomic E-state index is 9.85. The number of hydrogen-bond donors (Lipinski definition) is 7. The number of aliphatic hydroxyl groups excluding tert-OH is 3. The van der Waals surface area contributed by atoms with Crippen LogP contribution in [0.25, 0.3) is 0 Å². The minimum absolute atomic E-state index is 0.0694. The van der Waals surface area contributed by atoms with E-state index in [1.165, 1.54) is 0 Å². The van der Waals surface area contributed by atoms with Crippen molar-refractivity contribution < 1.29 is 48.2 Å². The van der Waals surface area contributed by atoms with Crippen LogP contribution in [0.1, 0.15) is 52.4 Å². The fourth-order valence-corrected chi connectivity index (χ4v) is 2.54. The zero-order chi connectivity index (χ0) is 18.4. The summed E-state index contributed by atoms with van der Waals surface area (Å²) in [5, 5.41) is 28.2. The van der Waals surface area contributed by atoms with Crippen LogP contribution in [0.4, 0.5) is 0 Å². The average molecular weight is 377 g/mol. The van der Waals surface area contributed by atoms with E-state index >= 15 is 0 Å². The van der Waals surface area contributed by atoms with Crippen LogP contribution in [0.15, 0.2) is 0 Å². The third-order valence-electron chi connectivity index (χ3n) is 3.70. The molecule has 0 fully saturated rings. The van der Waals surface area contributed by atoms with Crippen molar-refractivity contribution in [1.29, 1.82) is 0 Å². The van der Waals surface area contributed by atoms with E-state index in [4.69, 9.17) is 25.0 Å². The molecule has 0 bridgehead atoms. The first-order chi connectivity index (χ1) is 10.7. The molecular formula is C14H35NO7Ti. The summed E-state index contributed by atoms with van der Waals surface area (Å²) in [6, 6.07) is 0. The Morgan fingerprint density at radius 1 is 0.783 bits per heavy atom. The van der Waals surface area contributed by atoms with Gasteiger partial charge in [-0.3, -0.25) is 4.90 Å². The van der Waals surface area contributed by atoms with Crippen LogP contribution >= 0.6 is 0 Å². The Morgan fingerprint density at radius 2 is 1.13 bits per heavy atom. The molecule has 0 aromatic heterocycles. The number of β-amino-alcohol motifs (C(OH)–C–C–N with tert-alkyl or cyclic N) is 2. The Hall–Kier alpha value is 0.394. The van der Waals surface area contributed by atoms with Crippen molar-refractivity contribution in [3.63, 3.8) is 0 Å². The molecule has 0 spiro atoms. The third-order valence-corrected chi connectivity index (χ3v) is 3.70. The van der Waals surface area contributed by atoms with Crippen LogP contribution in [0.3, 0.4) is 0 Å². The molecule has 0 aliphatic rings. The fourth-order valence-electron chi connectivity index (χ4n) is 2.54. The van der Waals surface area contributed by atoms with Gasteiger partial charge in [0.1, 0.15) is 0 Å². The van der Waals surface area contributed by atoms with E-state index in [1.807, 2.05) is 0 Å². The zero-order valence-electron chi connectivity index (χ0n) is 14.4. The van der Waals surface area contributed by atoms with E-state index in [1.54, 1.807) is 0 Å². The first-order valence-corrected chi connectivity index (χ1v) is 11.0. The predicted octanol–water partition coefficient (Wildman–Crippen LogP) is -0.846. The van der Waals surface area contributed by atoms with Gasteiger partial charge in [0.2, 0.25) is 0 Å². The standard InChI is InChI=1S/C14H31NO3.4H2O.Ti/c1-3-5-7-14(13-18,8-6-4-2)15(9-11-16)10-12-17;;;;;/h16-18H,3-13H2,1-2H3;4*1H2;/q;;;;;+4/p-4. The van der Waals surface area contributed by atoms with Crippen molar-refractivity contribution in [3.05, 3.63) is 0 Å². The average Bonchev–Trinajstić information content (AvgIpc) is 2.46. The molecule has 0 saturated carbocycles. The van der Waals surface area contributed by atoms with E-state index < -0.39 is 18.1 Å². The summed E-state index contributed by atoms with van der Waals surface area (Å²) in [6.07, 6.45) is 6.19. The minimum atomic E-state index is -5.00. The molecule has 0 heterocycles. The van der Waals surface area contributed by atoms with Gasteiger partial charge >= 0.3 is 32.9 Å². The van der Waals surface area contributed by atoms with Gasteiger partial charge in [-0.15, -0.1) is 0 Å². The van der Waals surface area contributed by atoms with Gasteiger partial charge in [-0.1, -0.05) is 39.5 Å². The molecule has 8 nitrogen and oxygen atoms in total. The SMILES string of the molecule is CCCCC(CO)(CCCC)N(CCO)CCO.[OH][Ti]([OH])([OH])[OH]. The first kappa shape index (κ1) is 25.6. The molecule has 0 atom stereocenters. The van der Waals surface area contributed by atoms with Crippen LogP contribution in [-0.4, -0.2) is 73.4 Å². The topological polar surface area (TPSA) is 145 Å². The van der Waals surface area contributed by atoms with Crippen molar-refractivity contribution in [1.82, 2.24) is 4.90 Å². The summed E-state index contributed by atoms with van der Waals surface area (Å²) in [4.78, 5) is 2.07. The number of aliphatic hydroxyl groups is 3. The van der Waals surface area contributed by atoms with Crippen molar-refractivity contribution in [2.75, 3.05) is 32.9 Å². The molecule has 9 heteroatoms. The molecule has 0 rings (SSSR count). The van der Waals surface area contributed by atoms with Crippen LogP contribution in [0, 0.1) is 0 Å². The van der Waals surface area contributed by atoms with Crippen LogP contribution in [0.5, 0.6) is 0 Å². The fraction of sp³-hybridized carbons (Fsp3) is 1.00. The van der Waals surface area contributed by atoms with E-state index in [0.29, 0.717) is 13.1 Å². The van der Waals surface area contributed by atoms with Gasteiger partial charge < -0.3 is 15.3 Å².